The number of benzene rings is 2. The van der Waals surface area contributed by atoms with Crippen LogP contribution in [0.15, 0.2) is 51.7 Å². The Balaban J connectivity index is 2.09. The van der Waals surface area contributed by atoms with E-state index in [-0.39, 0.29) is 11.1 Å². The van der Waals surface area contributed by atoms with E-state index < -0.39 is 0 Å². The highest BCUT2D eigenvalue weighted by Gasteiger charge is 2.15. The van der Waals surface area contributed by atoms with Gasteiger partial charge in [-0.1, -0.05) is 30.3 Å². The van der Waals surface area contributed by atoms with Crippen LogP contribution in [-0.2, 0) is 6.54 Å². The third kappa shape index (κ3) is 2.38. The molecule has 4 heteroatoms. The van der Waals surface area contributed by atoms with Crippen LogP contribution in [0.1, 0.15) is 29.0 Å². The Labute approximate surface area is 127 Å². The van der Waals surface area contributed by atoms with Crippen molar-refractivity contribution in [3.63, 3.8) is 0 Å². The summed E-state index contributed by atoms with van der Waals surface area (Å²) in [6, 6.07) is 13.7. The summed E-state index contributed by atoms with van der Waals surface area (Å²) in [5.41, 5.74) is 4.52. The first-order chi connectivity index (χ1) is 10.1. The lowest BCUT2D eigenvalue weighted by molar-refractivity contribution is 0.513. The van der Waals surface area contributed by atoms with Crippen molar-refractivity contribution < 1.29 is 4.42 Å². The number of aromatic nitrogens is 1. The smallest absolute Gasteiger partial charge is 0.408 e. The fourth-order valence-electron chi connectivity index (χ4n) is 2.59. The van der Waals surface area contributed by atoms with Crippen molar-refractivity contribution in [1.29, 1.82) is 0 Å². The minimum Gasteiger partial charge on any atom is -0.408 e. The van der Waals surface area contributed by atoms with Crippen molar-refractivity contribution in [2.24, 2.45) is 0 Å². The normalized spacial score (nSPS) is 12.7. The summed E-state index contributed by atoms with van der Waals surface area (Å²) in [5, 5.41) is -0.258. The molecule has 3 nitrogen and oxygen atoms in total. The van der Waals surface area contributed by atoms with Gasteiger partial charge in [-0.05, 0) is 42.7 Å². The van der Waals surface area contributed by atoms with Crippen LogP contribution < -0.4 is 5.76 Å². The molecule has 0 fully saturated rings. The Hall–Kier alpha value is -2.00. The van der Waals surface area contributed by atoms with E-state index in [0.717, 1.165) is 22.2 Å². The van der Waals surface area contributed by atoms with E-state index in [2.05, 4.69) is 0 Å². The molecule has 0 amide bonds. The van der Waals surface area contributed by atoms with Gasteiger partial charge < -0.3 is 4.42 Å². The minimum atomic E-state index is -0.327. The molecule has 0 spiro atoms. The lowest BCUT2D eigenvalue weighted by Gasteiger charge is -2.13. The standard InChI is InChI=1S/C17H16ClNO2/c1-3-19-14-9-8-12(10-15(14)21-17(19)20)16(18)13-7-5-4-6-11(13)2/h4-10,16H,3H2,1-2H3. The van der Waals surface area contributed by atoms with E-state index in [1.165, 1.54) is 0 Å². The van der Waals surface area contributed by atoms with Gasteiger partial charge >= 0.3 is 5.76 Å². The highest BCUT2D eigenvalue weighted by atomic mass is 35.5. The van der Waals surface area contributed by atoms with Crippen LogP contribution in [0, 0.1) is 6.92 Å². The highest BCUT2D eigenvalue weighted by Crippen LogP contribution is 2.32. The minimum absolute atomic E-state index is 0.258. The number of hydrogen-bond donors (Lipinski definition) is 0. The Kier molecular flexibility index (Phi) is 3.60. The lowest BCUT2D eigenvalue weighted by atomic mass is 10.00. The monoisotopic (exact) mass is 301 g/mol. The van der Waals surface area contributed by atoms with Crippen molar-refractivity contribution >= 4 is 22.7 Å². The van der Waals surface area contributed by atoms with Crippen LogP contribution in [-0.4, -0.2) is 4.57 Å². The molecule has 0 aliphatic carbocycles. The van der Waals surface area contributed by atoms with Gasteiger partial charge in [0.15, 0.2) is 5.58 Å². The molecule has 3 rings (SSSR count). The van der Waals surface area contributed by atoms with Gasteiger partial charge in [-0.3, -0.25) is 4.57 Å². The van der Waals surface area contributed by atoms with Crippen LogP contribution >= 0.6 is 11.6 Å². The number of fused-ring (bicyclic) bond motifs is 1. The molecule has 1 atom stereocenters. The van der Waals surface area contributed by atoms with Gasteiger partial charge in [0.2, 0.25) is 0 Å². The first-order valence-corrected chi connectivity index (χ1v) is 7.38. The molecule has 0 bridgehead atoms. The maximum atomic E-state index is 11.7. The second-order valence-electron chi connectivity index (χ2n) is 5.06. The summed E-state index contributed by atoms with van der Waals surface area (Å²) in [6.07, 6.45) is 0. The lowest BCUT2D eigenvalue weighted by Crippen LogP contribution is -2.11. The molecule has 1 unspecified atom stereocenters. The summed E-state index contributed by atoms with van der Waals surface area (Å²) in [6.45, 7) is 4.55. The summed E-state index contributed by atoms with van der Waals surface area (Å²) in [4.78, 5) is 11.7. The largest absolute Gasteiger partial charge is 0.419 e. The summed E-state index contributed by atoms with van der Waals surface area (Å²) < 4.78 is 6.90. The average Bonchev–Trinajstić information content (AvgIpc) is 2.81. The molecule has 3 aromatic rings. The van der Waals surface area contributed by atoms with Crippen LogP contribution in [0.25, 0.3) is 11.1 Å². The molecule has 2 aromatic carbocycles. The molecule has 108 valence electrons. The molecule has 0 aliphatic heterocycles. The molecule has 0 saturated carbocycles. The van der Waals surface area contributed by atoms with Crippen molar-refractivity contribution in [2.75, 3.05) is 0 Å². The number of hydrogen-bond acceptors (Lipinski definition) is 2. The first-order valence-electron chi connectivity index (χ1n) is 6.94. The maximum Gasteiger partial charge on any atom is 0.419 e. The Morgan fingerprint density at radius 3 is 2.71 bits per heavy atom. The van der Waals surface area contributed by atoms with E-state index in [4.69, 9.17) is 16.0 Å². The number of alkyl halides is 1. The van der Waals surface area contributed by atoms with Gasteiger partial charge in [0.25, 0.3) is 0 Å². The number of oxazole rings is 1. The van der Waals surface area contributed by atoms with Gasteiger partial charge in [0.1, 0.15) is 0 Å². The van der Waals surface area contributed by atoms with E-state index >= 15 is 0 Å². The number of aryl methyl sites for hydroxylation is 2. The fourth-order valence-corrected chi connectivity index (χ4v) is 2.97. The second-order valence-corrected chi connectivity index (χ2v) is 5.49. The summed E-state index contributed by atoms with van der Waals surface area (Å²) in [7, 11) is 0. The zero-order valence-corrected chi connectivity index (χ0v) is 12.7. The zero-order valence-electron chi connectivity index (χ0n) is 12.0. The van der Waals surface area contributed by atoms with Crippen molar-refractivity contribution in [1.82, 2.24) is 4.57 Å². The van der Waals surface area contributed by atoms with E-state index in [1.807, 2.05) is 56.3 Å². The number of nitrogens with zero attached hydrogens (tertiary/aromatic N) is 1. The van der Waals surface area contributed by atoms with Gasteiger partial charge in [0.05, 0.1) is 10.9 Å². The van der Waals surface area contributed by atoms with Gasteiger partial charge in [0, 0.05) is 6.54 Å². The fraction of sp³-hybridized carbons (Fsp3) is 0.235. The zero-order chi connectivity index (χ0) is 15.0. The van der Waals surface area contributed by atoms with Crippen LogP contribution in [0.3, 0.4) is 0 Å². The van der Waals surface area contributed by atoms with Gasteiger partial charge in [-0.15, -0.1) is 11.6 Å². The average molecular weight is 302 g/mol. The van der Waals surface area contributed by atoms with Gasteiger partial charge in [-0.2, -0.15) is 0 Å². The highest BCUT2D eigenvalue weighted by molar-refractivity contribution is 6.22. The third-order valence-corrected chi connectivity index (χ3v) is 4.25. The van der Waals surface area contributed by atoms with Crippen molar-refractivity contribution in [2.45, 2.75) is 25.8 Å². The number of rotatable bonds is 3. The molecule has 21 heavy (non-hydrogen) atoms. The van der Waals surface area contributed by atoms with Crippen LogP contribution in [0.4, 0.5) is 0 Å². The molecular weight excluding hydrogens is 286 g/mol. The van der Waals surface area contributed by atoms with E-state index in [0.29, 0.717) is 12.1 Å². The predicted octanol–water partition coefficient (Wildman–Crippen LogP) is 4.25. The molecule has 0 saturated heterocycles. The molecule has 1 heterocycles. The molecular formula is C17H16ClNO2. The van der Waals surface area contributed by atoms with Crippen LogP contribution in [0.5, 0.6) is 0 Å². The first kappa shape index (κ1) is 14.0. The predicted molar refractivity (Wildman–Crippen MR) is 85.0 cm³/mol. The Morgan fingerprint density at radius 1 is 1.24 bits per heavy atom. The SMILES string of the molecule is CCn1c(=O)oc2cc(C(Cl)c3ccccc3C)ccc21. The quantitative estimate of drug-likeness (QED) is 0.678. The number of halogens is 1. The van der Waals surface area contributed by atoms with Gasteiger partial charge in [-0.25, -0.2) is 4.79 Å². The maximum absolute atomic E-state index is 11.7. The Bertz CT molecular complexity index is 847. The second kappa shape index (κ2) is 5.41. The van der Waals surface area contributed by atoms with E-state index in [9.17, 15) is 4.79 Å². The third-order valence-electron chi connectivity index (χ3n) is 3.76. The summed E-state index contributed by atoms with van der Waals surface area (Å²) in [5.74, 6) is -0.327. The topological polar surface area (TPSA) is 35.1 Å². The van der Waals surface area contributed by atoms with E-state index in [1.54, 1.807) is 4.57 Å². The molecule has 0 aliphatic rings. The molecule has 1 aromatic heterocycles. The van der Waals surface area contributed by atoms with Crippen LogP contribution in [0.2, 0.25) is 0 Å². The molecule has 0 radical (unpaired) electrons. The molecule has 0 N–H and O–H groups in total. The summed E-state index contributed by atoms with van der Waals surface area (Å²) >= 11 is 6.59. The van der Waals surface area contributed by atoms with Crippen molar-refractivity contribution in [3.8, 4) is 0 Å². The van der Waals surface area contributed by atoms with Crippen molar-refractivity contribution in [3.05, 3.63) is 69.7 Å². The Morgan fingerprint density at radius 2 is 2.00 bits per heavy atom.